The van der Waals surface area contributed by atoms with Gasteiger partial charge in [0.25, 0.3) is 0 Å². The lowest BCUT2D eigenvalue weighted by Gasteiger charge is -2.37. The molecule has 1 unspecified atom stereocenters. The Balaban J connectivity index is 2.08. The molecule has 1 aliphatic carbocycles. The lowest BCUT2D eigenvalue weighted by atomic mass is 9.73. The van der Waals surface area contributed by atoms with Gasteiger partial charge in [0.1, 0.15) is 5.82 Å². The molecule has 2 N–H and O–H groups in total. The van der Waals surface area contributed by atoms with E-state index in [-0.39, 0.29) is 11.4 Å². The van der Waals surface area contributed by atoms with Gasteiger partial charge < -0.3 is 5.73 Å². The fraction of sp³-hybridized carbons (Fsp3) is 0.600. The number of halogens is 1. The molecular weight excluding hydrogens is 213 g/mol. The molecule has 2 heteroatoms. The van der Waals surface area contributed by atoms with E-state index >= 15 is 0 Å². The predicted octanol–water partition coefficient (Wildman–Crippen LogP) is 3.67. The van der Waals surface area contributed by atoms with E-state index in [9.17, 15) is 4.39 Å². The zero-order chi connectivity index (χ0) is 12.3. The van der Waals surface area contributed by atoms with Crippen LogP contribution in [0.3, 0.4) is 0 Å². The molecule has 0 bridgehead atoms. The SMILES string of the molecule is CC(N)(Cc1ccccc1F)C1CCCCC1. The highest BCUT2D eigenvalue weighted by molar-refractivity contribution is 5.20. The summed E-state index contributed by atoms with van der Waals surface area (Å²) in [5.74, 6) is 0.413. The van der Waals surface area contributed by atoms with Gasteiger partial charge in [0, 0.05) is 5.54 Å². The number of hydrogen-bond donors (Lipinski definition) is 1. The van der Waals surface area contributed by atoms with Crippen molar-refractivity contribution in [2.24, 2.45) is 11.7 Å². The number of rotatable bonds is 3. The van der Waals surface area contributed by atoms with E-state index in [0.29, 0.717) is 12.3 Å². The molecule has 0 radical (unpaired) electrons. The van der Waals surface area contributed by atoms with Crippen LogP contribution in [-0.2, 0) is 6.42 Å². The van der Waals surface area contributed by atoms with E-state index in [1.807, 2.05) is 12.1 Å². The molecule has 0 saturated heterocycles. The molecule has 0 heterocycles. The second-order valence-corrected chi connectivity index (χ2v) is 5.61. The van der Waals surface area contributed by atoms with Crippen LogP contribution in [0.1, 0.15) is 44.6 Å². The second-order valence-electron chi connectivity index (χ2n) is 5.61. The quantitative estimate of drug-likeness (QED) is 0.850. The highest BCUT2D eigenvalue weighted by atomic mass is 19.1. The van der Waals surface area contributed by atoms with Gasteiger partial charge in [-0.05, 0) is 43.7 Å². The minimum atomic E-state index is -0.275. The van der Waals surface area contributed by atoms with Crippen LogP contribution in [0.25, 0.3) is 0 Å². The molecule has 1 aromatic rings. The van der Waals surface area contributed by atoms with Gasteiger partial charge in [-0.15, -0.1) is 0 Å². The highest BCUT2D eigenvalue weighted by Gasteiger charge is 2.31. The first kappa shape index (κ1) is 12.6. The summed E-state index contributed by atoms with van der Waals surface area (Å²) in [6.45, 7) is 2.08. The number of benzene rings is 1. The van der Waals surface area contributed by atoms with Crippen LogP contribution in [0.2, 0.25) is 0 Å². The maximum Gasteiger partial charge on any atom is 0.126 e. The van der Waals surface area contributed by atoms with E-state index in [1.54, 1.807) is 6.07 Å². The molecule has 0 aliphatic heterocycles. The van der Waals surface area contributed by atoms with Gasteiger partial charge in [0.15, 0.2) is 0 Å². The van der Waals surface area contributed by atoms with Crippen molar-refractivity contribution in [3.05, 3.63) is 35.6 Å². The fourth-order valence-electron chi connectivity index (χ4n) is 2.96. The molecule has 17 heavy (non-hydrogen) atoms. The smallest absolute Gasteiger partial charge is 0.126 e. The Labute approximate surface area is 103 Å². The monoisotopic (exact) mass is 235 g/mol. The molecule has 94 valence electrons. The summed E-state index contributed by atoms with van der Waals surface area (Å²) in [6.07, 6.45) is 6.91. The van der Waals surface area contributed by atoms with Crippen LogP contribution in [0.5, 0.6) is 0 Å². The van der Waals surface area contributed by atoms with Crippen molar-refractivity contribution in [3.8, 4) is 0 Å². The van der Waals surface area contributed by atoms with Gasteiger partial charge in [-0.2, -0.15) is 0 Å². The van der Waals surface area contributed by atoms with Gasteiger partial charge in [-0.1, -0.05) is 37.5 Å². The minimum absolute atomic E-state index is 0.125. The first-order valence-corrected chi connectivity index (χ1v) is 6.62. The Bertz CT molecular complexity index is 367. The average Bonchev–Trinajstić information content (AvgIpc) is 2.33. The molecule has 0 aromatic heterocycles. The Morgan fingerprint density at radius 1 is 1.24 bits per heavy atom. The van der Waals surface area contributed by atoms with Gasteiger partial charge >= 0.3 is 0 Å². The fourth-order valence-corrected chi connectivity index (χ4v) is 2.96. The number of nitrogens with two attached hydrogens (primary N) is 1. The van der Waals surface area contributed by atoms with E-state index in [0.717, 1.165) is 5.56 Å². The lowest BCUT2D eigenvalue weighted by molar-refractivity contribution is 0.220. The predicted molar refractivity (Wildman–Crippen MR) is 69.3 cm³/mol. The number of hydrogen-bond acceptors (Lipinski definition) is 1. The van der Waals surface area contributed by atoms with Crippen molar-refractivity contribution in [1.29, 1.82) is 0 Å². The molecule has 1 nitrogen and oxygen atoms in total. The standard InChI is InChI=1S/C15H22FN/c1-15(17,13-8-3-2-4-9-13)11-12-7-5-6-10-14(12)16/h5-7,10,13H,2-4,8-9,11,17H2,1H3. The molecule has 1 atom stereocenters. The molecule has 1 fully saturated rings. The Kier molecular flexibility index (Phi) is 3.82. The van der Waals surface area contributed by atoms with Crippen molar-refractivity contribution in [2.45, 2.75) is 51.0 Å². The molecule has 0 spiro atoms. The average molecular weight is 235 g/mol. The summed E-state index contributed by atoms with van der Waals surface area (Å²) >= 11 is 0. The van der Waals surface area contributed by atoms with E-state index in [4.69, 9.17) is 5.73 Å². The van der Waals surface area contributed by atoms with Gasteiger partial charge in [-0.3, -0.25) is 0 Å². The van der Waals surface area contributed by atoms with Crippen LogP contribution < -0.4 is 5.73 Å². The van der Waals surface area contributed by atoms with Crippen LogP contribution in [0.4, 0.5) is 4.39 Å². The molecule has 2 rings (SSSR count). The summed E-state index contributed by atoms with van der Waals surface area (Å²) in [4.78, 5) is 0. The molecular formula is C15H22FN. The van der Waals surface area contributed by atoms with Gasteiger partial charge in [-0.25, -0.2) is 4.39 Å². The van der Waals surface area contributed by atoms with E-state index in [2.05, 4.69) is 6.92 Å². The van der Waals surface area contributed by atoms with Crippen LogP contribution in [0, 0.1) is 11.7 Å². The summed E-state index contributed by atoms with van der Waals surface area (Å²) in [5, 5.41) is 0. The molecule has 1 aliphatic rings. The summed E-state index contributed by atoms with van der Waals surface area (Å²) < 4.78 is 13.6. The van der Waals surface area contributed by atoms with Crippen molar-refractivity contribution < 1.29 is 4.39 Å². The maximum absolute atomic E-state index is 13.6. The highest BCUT2D eigenvalue weighted by Crippen LogP contribution is 2.33. The molecule has 1 aromatic carbocycles. The summed E-state index contributed by atoms with van der Waals surface area (Å²) in [6, 6.07) is 6.98. The third-order valence-electron chi connectivity index (χ3n) is 4.07. The Hall–Kier alpha value is -0.890. The van der Waals surface area contributed by atoms with Crippen molar-refractivity contribution >= 4 is 0 Å². The Morgan fingerprint density at radius 2 is 1.88 bits per heavy atom. The first-order valence-electron chi connectivity index (χ1n) is 6.62. The minimum Gasteiger partial charge on any atom is -0.325 e. The normalized spacial score (nSPS) is 21.1. The maximum atomic E-state index is 13.6. The van der Waals surface area contributed by atoms with Crippen molar-refractivity contribution in [3.63, 3.8) is 0 Å². The first-order chi connectivity index (χ1) is 8.09. The third kappa shape index (κ3) is 3.06. The molecule has 0 amide bonds. The van der Waals surface area contributed by atoms with Crippen molar-refractivity contribution in [1.82, 2.24) is 0 Å². The summed E-state index contributed by atoms with van der Waals surface area (Å²) in [5.41, 5.74) is 6.90. The van der Waals surface area contributed by atoms with Crippen LogP contribution >= 0.6 is 0 Å². The third-order valence-corrected chi connectivity index (χ3v) is 4.07. The molecule has 1 saturated carbocycles. The second kappa shape index (κ2) is 5.18. The van der Waals surface area contributed by atoms with E-state index < -0.39 is 0 Å². The zero-order valence-corrected chi connectivity index (χ0v) is 10.6. The van der Waals surface area contributed by atoms with E-state index in [1.165, 1.54) is 38.2 Å². The largest absolute Gasteiger partial charge is 0.325 e. The van der Waals surface area contributed by atoms with Gasteiger partial charge in [0.2, 0.25) is 0 Å². The lowest BCUT2D eigenvalue weighted by Crippen LogP contribution is -2.47. The summed E-state index contributed by atoms with van der Waals surface area (Å²) in [7, 11) is 0. The van der Waals surface area contributed by atoms with Gasteiger partial charge in [0.05, 0.1) is 0 Å². The van der Waals surface area contributed by atoms with Crippen LogP contribution in [0.15, 0.2) is 24.3 Å². The van der Waals surface area contributed by atoms with Crippen molar-refractivity contribution in [2.75, 3.05) is 0 Å². The Morgan fingerprint density at radius 3 is 2.53 bits per heavy atom. The van der Waals surface area contributed by atoms with Crippen LogP contribution in [-0.4, -0.2) is 5.54 Å². The topological polar surface area (TPSA) is 26.0 Å². The zero-order valence-electron chi connectivity index (χ0n) is 10.6.